The normalized spacial score (nSPS) is 10.6. The number of carbonyl (C=O) groups excluding carboxylic acids is 1. The van der Waals surface area contributed by atoms with E-state index in [4.69, 9.17) is 14.9 Å². The quantitative estimate of drug-likeness (QED) is 0.778. The van der Waals surface area contributed by atoms with Gasteiger partial charge in [-0.15, -0.1) is 0 Å². The Kier molecular flexibility index (Phi) is 4.33. The van der Waals surface area contributed by atoms with Crippen LogP contribution in [-0.2, 0) is 6.61 Å². The average molecular weight is 322 g/mol. The summed E-state index contributed by atoms with van der Waals surface area (Å²) in [5.41, 5.74) is 8.31. The van der Waals surface area contributed by atoms with E-state index in [1.54, 1.807) is 12.1 Å². The number of aromatic nitrogens is 1. The molecule has 0 aliphatic rings. The fourth-order valence-corrected chi connectivity index (χ4v) is 2.36. The van der Waals surface area contributed by atoms with Crippen LogP contribution in [0.5, 0.6) is 5.75 Å². The van der Waals surface area contributed by atoms with E-state index in [-0.39, 0.29) is 6.61 Å². The summed E-state index contributed by atoms with van der Waals surface area (Å²) in [6.45, 7) is 3.96. The zero-order chi connectivity index (χ0) is 17.1. The Labute approximate surface area is 140 Å². The van der Waals surface area contributed by atoms with Gasteiger partial charge in [0, 0.05) is 5.56 Å². The number of nitrogens with two attached hydrogens (primary N) is 1. The molecule has 3 aromatic rings. The van der Waals surface area contributed by atoms with E-state index in [9.17, 15) is 4.79 Å². The summed E-state index contributed by atoms with van der Waals surface area (Å²) < 4.78 is 11.5. The van der Waals surface area contributed by atoms with E-state index in [0.29, 0.717) is 28.7 Å². The maximum Gasteiger partial charge on any atom is 0.252 e. The highest BCUT2D eigenvalue weighted by atomic mass is 16.5. The number of rotatable bonds is 5. The van der Waals surface area contributed by atoms with Crippen LogP contribution in [0.4, 0.5) is 0 Å². The van der Waals surface area contributed by atoms with Gasteiger partial charge in [0.15, 0.2) is 0 Å². The zero-order valence-electron chi connectivity index (χ0n) is 13.6. The van der Waals surface area contributed by atoms with Crippen LogP contribution < -0.4 is 10.5 Å². The molecular weight excluding hydrogens is 304 g/mol. The SMILES string of the molecule is Cc1ccc(C(N)=O)c(OCc2nc(-c3ccccc3)oc2C)c1. The summed E-state index contributed by atoms with van der Waals surface area (Å²) >= 11 is 0. The van der Waals surface area contributed by atoms with Crippen molar-refractivity contribution in [2.75, 3.05) is 0 Å². The Morgan fingerprint density at radius 1 is 1.17 bits per heavy atom. The maximum atomic E-state index is 11.5. The molecule has 2 aromatic carbocycles. The number of nitrogens with zero attached hydrogens (tertiary/aromatic N) is 1. The molecule has 5 nitrogen and oxygen atoms in total. The first-order chi connectivity index (χ1) is 11.5. The number of oxazole rings is 1. The second-order valence-corrected chi connectivity index (χ2v) is 5.54. The van der Waals surface area contributed by atoms with Crippen molar-refractivity contribution < 1.29 is 13.9 Å². The van der Waals surface area contributed by atoms with Crippen molar-refractivity contribution in [3.63, 3.8) is 0 Å². The monoisotopic (exact) mass is 322 g/mol. The largest absolute Gasteiger partial charge is 0.486 e. The third kappa shape index (κ3) is 3.30. The van der Waals surface area contributed by atoms with Crippen LogP contribution in [0.3, 0.4) is 0 Å². The molecule has 2 N–H and O–H groups in total. The van der Waals surface area contributed by atoms with Crippen molar-refractivity contribution >= 4 is 5.91 Å². The van der Waals surface area contributed by atoms with E-state index in [0.717, 1.165) is 11.1 Å². The van der Waals surface area contributed by atoms with Crippen molar-refractivity contribution in [3.05, 3.63) is 71.1 Å². The van der Waals surface area contributed by atoms with Crippen LogP contribution in [0.2, 0.25) is 0 Å². The number of hydrogen-bond acceptors (Lipinski definition) is 4. The van der Waals surface area contributed by atoms with E-state index in [1.807, 2.05) is 50.2 Å². The molecule has 0 atom stereocenters. The van der Waals surface area contributed by atoms with Crippen LogP contribution in [0, 0.1) is 13.8 Å². The second kappa shape index (κ2) is 6.58. The molecule has 0 unspecified atom stereocenters. The lowest BCUT2D eigenvalue weighted by molar-refractivity contribution is 0.0996. The van der Waals surface area contributed by atoms with Gasteiger partial charge in [-0.3, -0.25) is 4.79 Å². The van der Waals surface area contributed by atoms with Crippen molar-refractivity contribution in [1.29, 1.82) is 0 Å². The minimum Gasteiger partial charge on any atom is -0.486 e. The molecule has 0 aliphatic carbocycles. The second-order valence-electron chi connectivity index (χ2n) is 5.54. The number of aryl methyl sites for hydroxylation is 2. The molecule has 1 amide bonds. The molecule has 3 rings (SSSR count). The lowest BCUT2D eigenvalue weighted by atomic mass is 10.1. The summed E-state index contributed by atoms with van der Waals surface area (Å²) in [5.74, 6) is 1.16. The molecule has 0 saturated carbocycles. The molecule has 0 saturated heterocycles. The van der Waals surface area contributed by atoms with Gasteiger partial charge in [0.2, 0.25) is 5.89 Å². The fraction of sp³-hybridized carbons (Fsp3) is 0.158. The first-order valence-electron chi connectivity index (χ1n) is 7.59. The minimum absolute atomic E-state index is 0.200. The lowest BCUT2D eigenvalue weighted by Crippen LogP contribution is -2.13. The zero-order valence-corrected chi connectivity index (χ0v) is 13.6. The third-order valence-corrected chi connectivity index (χ3v) is 3.68. The predicted octanol–water partition coefficient (Wildman–Crippen LogP) is 3.64. The standard InChI is InChI=1S/C19H18N2O3/c1-12-8-9-15(18(20)22)17(10-12)23-11-16-13(2)24-19(21-16)14-6-4-3-5-7-14/h3-10H,11H2,1-2H3,(H2,20,22). The van der Waals surface area contributed by atoms with Crippen LogP contribution in [-0.4, -0.2) is 10.9 Å². The molecule has 5 heteroatoms. The highest BCUT2D eigenvalue weighted by molar-refractivity contribution is 5.95. The van der Waals surface area contributed by atoms with Crippen molar-refractivity contribution in [2.24, 2.45) is 5.73 Å². The van der Waals surface area contributed by atoms with Gasteiger partial charge in [-0.05, 0) is 43.7 Å². The molecule has 1 aromatic heterocycles. The minimum atomic E-state index is -0.521. The Morgan fingerprint density at radius 3 is 2.62 bits per heavy atom. The van der Waals surface area contributed by atoms with Crippen LogP contribution >= 0.6 is 0 Å². The summed E-state index contributed by atoms with van der Waals surface area (Å²) in [7, 11) is 0. The fourth-order valence-electron chi connectivity index (χ4n) is 2.36. The highest BCUT2D eigenvalue weighted by Gasteiger charge is 2.14. The Bertz CT molecular complexity index is 870. The van der Waals surface area contributed by atoms with Gasteiger partial charge in [-0.2, -0.15) is 0 Å². The highest BCUT2D eigenvalue weighted by Crippen LogP contribution is 2.24. The van der Waals surface area contributed by atoms with Crippen LogP contribution in [0.25, 0.3) is 11.5 Å². The van der Waals surface area contributed by atoms with E-state index >= 15 is 0 Å². The van der Waals surface area contributed by atoms with Gasteiger partial charge >= 0.3 is 0 Å². The number of hydrogen-bond donors (Lipinski definition) is 1. The molecule has 0 spiro atoms. The van der Waals surface area contributed by atoms with Gasteiger partial charge in [0.25, 0.3) is 5.91 Å². The van der Waals surface area contributed by atoms with Gasteiger partial charge in [-0.25, -0.2) is 4.98 Å². The molecule has 0 bridgehead atoms. The summed E-state index contributed by atoms with van der Waals surface area (Å²) in [6.07, 6.45) is 0. The van der Waals surface area contributed by atoms with Crippen molar-refractivity contribution in [1.82, 2.24) is 4.98 Å². The van der Waals surface area contributed by atoms with Gasteiger partial charge in [-0.1, -0.05) is 24.3 Å². The number of ether oxygens (including phenoxy) is 1. The summed E-state index contributed by atoms with van der Waals surface area (Å²) in [6, 6.07) is 14.9. The topological polar surface area (TPSA) is 78.4 Å². The average Bonchev–Trinajstić information content (AvgIpc) is 2.94. The molecular formula is C19H18N2O3. The van der Waals surface area contributed by atoms with Crippen molar-refractivity contribution in [3.8, 4) is 17.2 Å². The molecule has 0 fully saturated rings. The molecule has 122 valence electrons. The summed E-state index contributed by atoms with van der Waals surface area (Å²) in [4.78, 5) is 16.0. The number of primary amides is 1. The van der Waals surface area contributed by atoms with Gasteiger partial charge < -0.3 is 14.9 Å². The predicted molar refractivity (Wildman–Crippen MR) is 90.7 cm³/mol. The maximum absolute atomic E-state index is 11.5. The number of benzene rings is 2. The van der Waals surface area contributed by atoms with E-state index in [2.05, 4.69) is 4.98 Å². The number of amides is 1. The van der Waals surface area contributed by atoms with Crippen LogP contribution in [0.1, 0.15) is 27.4 Å². The smallest absolute Gasteiger partial charge is 0.252 e. The molecule has 0 radical (unpaired) electrons. The third-order valence-electron chi connectivity index (χ3n) is 3.68. The van der Waals surface area contributed by atoms with Gasteiger partial charge in [0.05, 0.1) is 5.56 Å². The van der Waals surface area contributed by atoms with Crippen LogP contribution in [0.15, 0.2) is 52.9 Å². The Hall–Kier alpha value is -3.08. The molecule has 24 heavy (non-hydrogen) atoms. The molecule has 1 heterocycles. The lowest BCUT2D eigenvalue weighted by Gasteiger charge is -2.09. The Balaban J connectivity index is 1.82. The summed E-state index contributed by atoms with van der Waals surface area (Å²) in [5, 5.41) is 0. The van der Waals surface area contributed by atoms with E-state index in [1.165, 1.54) is 0 Å². The first-order valence-corrected chi connectivity index (χ1v) is 7.59. The number of carbonyl (C=O) groups is 1. The first kappa shape index (κ1) is 15.8. The Morgan fingerprint density at radius 2 is 1.92 bits per heavy atom. The molecule has 0 aliphatic heterocycles. The van der Waals surface area contributed by atoms with Crippen molar-refractivity contribution in [2.45, 2.75) is 20.5 Å². The van der Waals surface area contributed by atoms with E-state index < -0.39 is 5.91 Å². The van der Waals surface area contributed by atoms with Gasteiger partial charge in [0.1, 0.15) is 23.8 Å².